The predicted octanol–water partition coefficient (Wildman–Crippen LogP) is 2.32. The fraction of sp³-hybridized carbons (Fsp3) is 0.400. The monoisotopic (exact) mass is 337 g/mol. The highest BCUT2D eigenvalue weighted by Crippen LogP contribution is 2.32. The standard InChI is InChI=1S/C15H19N3O4S/c1-2-3-4-11-9-15(17-16-11)18-23(19,20)12-5-6-13-14(10-12)22-8-7-21-13/h5-6,9-10H,2-4,7-8H2,1H3,(H2,16,17,18). The number of nitrogens with zero attached hydrogens (tertiary/aromatic N) is 1. The fourth-order valence-electron chi connectivity index (χ4n) is 2.30. The molecule has 0 amide bonds. The molecule has 7 nitrogen and oxygen atoms in total. The van der Waals surface area contributed by atoms with Crippen molar-refractivity contribution in [3.8, 4) is 11.5 Å². The number of rotatable bonds is 6. The van der Waals surface area contributed by atoms with E-state index in [0.717, 1.165) is 25.0 Å². The second kappa shape index (κ2) is 6.49. The Bertz CT molecular complexity index is 786. The number of benzene rings is 1. The summed E-state index contributed by atoms with van der Waals surface area (Å²) in [4.78, 5) is 0.111. The summed E-state index contributed by atoms with van der Waals surface area (Å²) in [5, 5.41) is 6.84. The summed E-state index contributed by atoms with van der Waals surface area (Å²) in [5.74, 6) is 1.27. The second-order valence-electron chi connectivity index (χ2n) is 5.29. The van der Waals surface area contributed by atoms with Gasteiger partial charge < -0.3 is 9.47 Å². The third-order valence-electron chi connectivity index (χ3n) is 3.49. The van der Waals surface area contributed by atoms with Crippen LogP contribution in [0.1, 0.15) is 25.5 Å². The van der Waals surface area contributed by atoms with Gasteiger partial charge in [0.2, 0.25) is 0 Å². The van der Waals surface area contributed by atoms with E-state index in [9.17, 15) is 8.42 Å². The van der Waals surface area contributed by atoms with E-state index in [4.69, 9.17) is 9.47 Å². The zero-order valence-electron chi connectivity index (χ0n) is 12.8. The van der Waals surface area contributed by atoms with Gasteiger partial charge in [0, 0.05) is 17.8 Å². The predicted molar refractivity (Wildman–Crippen MR) is 85.4 cm³/mol. The van der Waals surface area contributed by atoms with Crippen molar-refractivity contribution in [3.63, 3.8) is 0 Å². The lowest BCUT2D eigenvalue weighted by atomic mass is 10.2. The number of sulfonamides is 1. The van der Waals surface area contributed by atoms with Crippen molar-refractivity contribution >= 4 is 15.8 Å². The van der Waals surface area contributed by atoms with Crippen molar-refractivity contribution in [1.82, 2.24) is 10.2 Å². The Morgan fingerprint density at radius 1 is 1.22 bits per heavy atom. The largest absolute Gasteiger partial charge is 0.486 e. The smallest absolute Gasteiger partial charge is 0.263 e. The van der Waals surface area contributed by atoms with E-state index in [-0.39, 0.29) is 10.7 Å². The third kappa shape index (κ3) is 3.58. The van der Waals surface area contributed by atoms with E-state index in [1.54, 1.807) is 12.1 Å². The Labute approximate surface area is 135 Å². The van der Waals surface area contributed by atoms with Gasteiger partial charge in [-0.3, -0.25) is 9.82 Å². The minimum atomic E-state index is -3.72. The van der Waals surface area contributed by atoms with Gasteiger partial charge in [-0.05, 0) is 25.0 Å². The second-order valence-corrected chi connectivity index (χ2v) is 6.98. The molecule has 2 aromatic rings. The van der Waals surface area contributed by atoms with Gasteiger partial charge in [0.1, 0.15) is 13.2 Å². The summed E-state index contributed by atoms with van der Waals surface area (Å²) >= 11 is 0. The lowest BCUT2D eigenvalue weighted by Gasteiger charge is -2.18. The average Bonchev–Trinajstić information content (AvgIpc) is 2.99. The van der Waals surface area contributed by atoms with Gasteiger partial charge in [0.15, 0.2) is 17.3 Å². The van der Waals surface area contributed by atoms with E-state index >= 15 is 0 Å². The number of aryl methyl sites for hydroxylation is 1. The quantitative estimate of drug-likeness (QED) is 0.844. The van der Waals surface area contributed by atoms with Crippen molar-refractivity contribution in [2.24, 2.45) is 0 Å². The topological polar surface area (TPSA) is 93.3 Å². The Balaban J connectivity index is 1.77. The summed E-state index contributed by atoms with van der Waals surface area (Å²) in [6.07, 6.45) is 2.93. The molecule has 0 saturated heterocycles. The SMILES string of the molecule is CCCCc1cc(NS(=O)(=O)c2ccc3c(c2)OCCO3)n[nH]1. The molecule has 0 fully saturated rings. The fourth-order valence-corrected chi connectivity index (χ4v) is 3.30. The molecule has 1 aliphatic heterocycles. The highest BCUT2D eigenvalue weighted by Gasteiger charge is 2.20. The maximum Gasteiger partial charge on any atom is 0.263 e. The van der Waals surface area contributed by atoms with Crippen molar-refractivity contribution < 1.29 is 17.9 Å². The molecule has 2 N–H and O–H groups in total. The van der Waals surface area contributed by atoms with Crippen molar-refractivity contribution in [3.05, 3.63) is 30.0 Å². The number of aromatic nitrogens is 2. The minimum Gasteiger partial charge on any atom is -0.486 e. The number of hydrogen-bond donors (Lipinski definition) is 2. The molecule has 1 aliphatic rings. The molecular weight excluding hydrogens is 318 g/mol. The molecule has 0 bridgehead atoms. The Morgan fingerprint density at radius 2 is 2.00 bits per heavy atom. The minimum absolute atomic E-state index is 0.111. The molecule has 3 rings (SSSR count). The van der Waals surface area contributed by atoms with Crippen LogP contribution in [0, 0.1) is 0 Å². The molecule has 0 spiro atoms. The first-order chi connectivity index (χ1) is 11.1. The van der Waals surface area contributed by atoms with Gasteiger partial charge in [-0.15, -0.1) is 0 Å². The number of fused-ring (bicyclic) bond motifs is 1. The lowest BCUT2D eigenvalue weighted by molar-refractivity contribution is 0.171. The third-order valence-corrected chi connectivity index (χ3v) is 4.85. The zero-order valence-corrected chi connectivity index (χ0v) is 13.6. The number of unbranched alkanes of at least 4 members (excludes halogenated alkanes) is 1. The summed E-state index contributed by atoms with van der Waals surface area (Å²) in [7, 11) is -3.72. The Morgan fingerprint density at radius 3 is 2.78 bits per heavy atom. The molecule has 0 atom stereocenters. The summed E-state index contributed by atoms with van der Waals surface area (Å²) in [5.41, 5.74) is 0.909. The number of aromatic amines is 1. The lowest BCUT2D eigenvalue weighted by Crippen LogP contribution is -2.17. The van der Waals surface area contributed by atoms with Gasteiger partial charge in [0.05, 0.1) is 4.90 Å². The number of anilines is 1. The normalized spacial score (nSPS) is 13.8. The summed E-state index contributed by atoms with van der Waals surface area (Å²) in [6.45, 7) is 2.97. The molecular formula is C15H19N3O4S. The van der Waals surface area contributed by atoms with Gasteiger partial charge in [-0.25, -0.2) is 8.42 Å². The summed E-state index contributed by atoms with van der Waals surface area (Å²) in [6, 6.07) is 6.26. The molecule has 0 saturated carbocycles. The molecule has 0 aliphatic carbocycles. The van der Waals surface area contributed by atoms with Crippen LogP contribution < -0.4 is 14.2 Å². The van der Waals surface area contributed by atoms with Crippen LogP contribution in [0.15, 0.2) is 29.2 Å². The van der Waals surface area contributed by atoms with E-state index in [2.05, 4.69) is 21.8 Å². The van der Waals surface area contributed by atoms with Crippen molar-refractivity contribution in [2.75, 3.05) is 17.9 Å². The maximum absolute atomic E-state index is 12.4. The van der Waals surface area contributed by atoms with E-state index in [0.29, 0.717) is 24.7 Å². The van der Waals surface area contributed by atoms with Crippen LogP contribution in [0.2, 0.25) is 0 Å². The molecule has 124 valence electrons. The highest BCUT2D eigenvalue weighted by atomic mass is 32.2. The van der Waals surface area contributed by atoms with Crippen LogP contribution in [-0.2, 0) is 16.4 Å². The van der Waals surface area contributed by atoms with Crippen LogP contribution >= 0.6 is 0 Å². The molecule has 1 aromatic carbocycles. The Hall–Kier alpha value is -2.22. The van der Waals surface area contributed by atoms with Crippen molar-refractivity contribution in [2.45, 2.75) is 31.1 Å². The number of nitrogens with one attached hydrogen (secondary N) is 2. The zero-order chi connectivity index (χ0) is 16.3. The molecule has 0 unspecified atom stereocenters. The number of hydrogen-bond acceptors (Lipinski definition) is 5. The first-order valence-electron chi connectivity index (χ1n) is 7.55. The van der Waals surface area contributed by atoms with Gasteiger partial charge in [0.25, 0.3) is 10.0 Å². The number of ether oxygens (including phenoxy) is 2. The molecule has 0 radical (unpaired) electrons. The van der Waals surface area contributed by atoms with Gasteiger partial charge in [-0.2, -0.15) is 5.10 Å². The number of H-pyrrole nitrogens is 1. The Kier molecular flexibility index (Phi) is 4.42. The maximum atomic E-state index is 12.4. The first-order valence-corrected chi connectivity index (χ1v) is 9.03. The van der Waals surface area contributed by atoms with Crippen molar-refractivity contribution in [1.29, 1.82) is 0 Å². The summed E-state index contributed by atoms with van der Waals surface area (Å²) < 4.78 is 38.2. The van der Waals surface area contributed by atoms with Crippen LogP contribution in [0.4, 0.5) is 5.82 Å². The highest BCUT2D eigenvalue weighted by molar-refractivity contribution is 7.92. The van der Waals surface area contributed by atoms with Gasteiger partial charge >= 0.3 is 0 Å². The van der Waals surface area contributed by atoms with E-state index < -0.39 is 10.0 Å². The van der Waals surface area contributed by atoms with Crippen LogP contribution in [0.3, 0.4) is 0 Å². The molecule has 2 heterocycles. The van der Waals surface area contributed by atoms with Crippen LogP contribution in [-0.4, -0.2) is 31.8 Å². The van der Waals surface area contributed by atoms with Crippen LogP contribution in [0.25, 0.3) is 0 Å². The average molecular weight is 337 g/mol. The molecule has 23 heavy (non-hydrogen) atoms. The molecule has 1 aromatic heterocycles. The van der Waals surface area contributed by atoms with Gasteiger partial charge in [-0.1, -0.05) is 13.3 Å². The van der Waals surface area contributed by atoms with Crippen LogP contribution in [0.5, 0.6) is 11.5 Å². The van der Waals surface area contributed by atoms with E-state index in [1.165, 1.54) is 12.1 Å². The first kappa shape index (κ1) is 15.7. The molecule has 8 heteroatoms. The van der Waals surface area contributed by atoms with E-state index in [1.807, 2.05) is 0 Å².